The van der Waals surface area contributed by atoms with Gasteiger partial charge in [0.05, 0.1) is 30.5 Å². The van der Waals surface area contributed by atoms with Gasteiger partial charge in [-0.3, -0.25) is 0 Å². The number of rotatable bonds is 0. The molecule has 180 valence electrons. The first kappa shape index (κ1) is 22.0. The van der Waals surface area contributed by atoms with Crippen molar-refractivity contribution in [3.63, 3.8) is 0 Å². The molecule has 0 bridgehead atoms. The van der Waals surface area contributed by atoms with E-state index in [-0.39, 0.29) is 34.7 Å². The van der Waals surface area contributed by atoms with Crippen molar-refractivity contribution in [2.24, 2.45) is 40.4 Å². The smallest absolute Gasteiger partial charge is 0.171 e. The number of aliphatic hydroxyl groups excluding tert-OH is 2. The number of fused-ring (bicyclic) bond motifs is 7. The van der Waals surface area contributed by atoms with Gasteiger partial charge in [-0.2, -0.15) is 0 Å². The second-order valence-corrected chi connectivity index (χ2v) is 12.9. The zero-order valence-corrected chi connectivity index (χ0v) is 20.2. The fraction of sp³-hybridized carbons (Fsp3) is 0.926. The predicted molar refractivity (Wildman–Crippen MR) is 121 cm³/mol. The van der Waals surface area contributed by atoms with Crippen molar-refractivity contribution in [2.45, 2.75) is 109 Å². The summed E-state index contributed by atoms with van der Waals surface area (Å²) in [7, 11) is 0. The molecule has 5 fully saturated rings. The third kappa shape index (κ3) is 2.53. The van der Waals surface area contributed by atoms with Crippen LogP contribution in [0.25, 0.3) is 0 Å². The lowest BCUT2D eigenvalue weighted by atomic mass is 9.44. The molecule has 0 amide bonds. The topological polar surface area (TPSA) is 79.2 Å². The van der Waals surface area contributed by atoms with E-state index in [4.69, 9.17) is 9.47 Å². The molecule has 0 aromatic heterocycles. The van der Waals surface area contributed by atoms with Crippen LogP contribution in [0.4, 0.5) is 0 Å². The maximum absolute atomic E-state index is 12.5. The molecule has 2 aliphatic heterocycles. The molecule has 1 spiro atoms. The standard InChI is InChI=1S/C27H42O5/c1-15-7-10-27(31-14-15)16(2)23-21(32-27)13-26(30)20-6-5-17-11-18(28)12-22(29)25(17,4)19(20)8-9-24(23,26)3/h5,15-16,18-23,28-30H,6-14H2,1-4H3/t15-,16+,18+,19?,20?,21?,22+,23?,24+,25-,26+,27+/m0/s1. The van der Waals surface area contributed by atoms with Gasteiger partial charge in [-0.1, -0.05) is 39.3 Å². The normalized spacial score (nSPS) is 61.5. The number of hydrogen-bond acceptors (Lipinski definition) is 5. The number of ether oxygens (including phenoxy) is 2. The van der Waals surface area contributed by atoms with Gasteiger partial charge in [-0.05, 0) is 49.9 Å². The highest BCUT2D eigenvalue weighted by atomic mass is 16.7. The minimum Gasteiger partial charge on any atom is -0.393 e. The Morgan fingerprint density at radius 1 is 1.06 bits per heavy atom. The largest absolute Gasteiger partial charge is 0.393 e. The van der Waals surface area contributed by atoms with Crippen LogP contribution in [0.2, 0.25) is 0 Å². The molecule has 2 saturated heterocycles. The van der Waals surface area contributed by atoms with Crippen LogP contribution in [-0.4, -0.2) is 51.6 Å². The molecule has 0 radical (unpaired) electrons. The van der Waals surface area contributed by atoms with E-state index in [1.54, 1.807) is 0 Å². The minimum atomic E-state index is -0.788. The summed E-state index contributed by atoms with van der Waals surface area (Å²) in [6, 6.07) is 0. The molecule has 0 aromatic rings. The molecule has 3 saturated carbocycles. The molecule has 4 unspecified atom stereocenters. The summed E-state index contributed by atoms with van der Waals surface area (Å²) in [5, 5.41) is 33.9. The Balaban J connectivity index is 1.34. The van der Waals surface area contributed by atoms with E-state index in [9.17, 15) is 15.3 Å². The van der Waals surface area contributed by atoms with Crippen LogP contribution in [0, 0.1) is 40.4 Å². The van der Waals surface area contributed by atoms with E-state index in [2.05, 4.69) is 33.8 Å². The maximum atomic E-state index is 12.5. The average molecular weight is 447 g/mol. The zero-order chi connectivity index (χ0) is 22.7. The predicted octanol–water partition coefficient (Wildman–Crippen LogP) is 3.80. The monoisotopic (exact) mass is 446 g/mol. The van der Waals surface area contributed by atoms with Gasteiger partial charge in [0.15, 0.2) is 5.79 Å². The van der Waals surface area contributed by atoms with Gasteiger partial charge in [0, 0.05) is 41.9 Å². The van der Waals surface area contributed by atoms with Gasteiger partial charge in [0.25, 0.3) is 0 Å². The molecule has 6 rings (SSSR count). The summed E-state index contributed by atoms with van der Waals surface area (Å²) in [6.07, 6.45) is 8.01. The molecule has 5 nitrogen and oxygen atoms in total. The molecule has 12 atom stereocenters. The Morgan fingerprint density at radius 2 is 1.84 bits per heavy atom. The van der Waals surface area contributed by atoms with Crippen molar-refractivity contribution in [2.75, 3.05) is 6.61 Å². The van der Waals surface area contributed by atoms with Crippen LogP contribution in [0.5, 0.6) is 0 Å². The van der Waals surface area contributed by atoms with E-state index in [1.165, 1.54) is 5.57 Å². The third-order valence-electron chi connectivity index (χ3n) is 11.6. The van der Waals surface area contributed by atoms with Crippen LogP contribution in [-0.2, 0) is 9.47 Å². The van der Waals surface area contributed by atoms with E-state index in [0.29, 0.717) is 31.1 Å². The van der Waals surface area contributed by atoms with E-state index in [1.807, 2.05) is 0 Å². The minimum absolute atomic E-state index is 0.0449. The molecule has 0 aromatic carbocycles. The van der Waals surface area contributed by atoms with E-state index >= 15 is 0 Å². The molecule has 2 heterocycles. The first-order chi connectivity index (χ1) is 15.0. The third-order valence-corrected chi connectivity index (χ3v) is 11.6. The number of allylic oxidation sites excluding steroid dienone is 1. The van der Waals surface area contributed by atoms with Gasteiger partial charge in [0.2, 0.25) is 0 Å². The second-order valence-electron chi connectivity index (χ2n) is 12.9. The number of hydrogen-bond donors (Lipinski definition) is 3. The Labute approximate surface area is 192 Å². The van der Waals surface area contributed by atoms with Crippen molar-refractivity contribution >= 4 is 0 Å². The Hall–Kier alpha value is -0.460. The van der Waals surface area contributed by atoms with Crippen molar-refractivity contribution in [3.8, 4) is 0 Å². The highest BCUT2D eigenvalue weighted by molar-refractivity contribution is 5.31. The highest BCUT2D eigenvalue weighted by Crippen LogP contribution is 2.72. The molecule has 6 aliphatic rings. The van der Waals surface area contributed by atoms with Crippen molar-refractivity contribution in [1.82, 2.24) is 0 Å². The summed E-state index contributed by atoms with van der Waals surface area (Å²) in [4.78, 5) is 0. The Morgan fingerprint density at radius 3 is 2.56 bits per heavy atom. The SMILES string of the molecule is C[C@H]1CC[C@@]2(OC1)OC1C[C@@]3(O)C4CC=C5C[C@@H](O)C[C@@H](O)[C@]5(C)C4CC[C@]3(C)C1[C@H]2C. The lowest BCUT2D eigenvalue weighted by Gasteiger charge is -2.62. The summed E-state index contributed by atoms with van der Waals surface area (Å²) in [5.41, 5.74) is -0.115. The van der Waals surface area contributed by atoms with Gasteiger partial charge >= 0.3 is 0 Å². The van der Waals surface area contributed by atoms with Crippen molar-refractivity contribution in [1.29, 1.82) is 0 Å². The average Bonchev–Trinajstić information content (AvgIpc) is 3.13. The summed E-state index contributed by atoms with van der Waals surface area (Å²) >= 11 is 0. The van der Waals surface area contributed by atoms with Crippen LogP contribution < -0.4 is 0 Å². The second kappa shape index (κ2) is 6.81. The molecule has 32 heavy (non-hydrogen) atoms. The quantitative estimate of drug-likeness (QED) is 0.493. The summed E-state index contributed by atoms with van der Waals surface area (Å²) in [5.74, 6) is 1.07. The Kier molecular flexibility index (Phi) is 4.69. The highest BCUT2D eigenvalue weighted by Gasteiger charge is 2.74. The molecular weight excluding hydrogens is 404 g/mol. The summed E-state index contributed by atoms with van der Waals surface area (Å²) in [6.45, 7) is 9.83. The number of aliphatic hydroxyl groups is 3. The lowest BCUT2D eigenvalue weighted by Crippen LogP contribution is -2.63. The van der Waals surface area contributed by atoms with E-state index in [0.717, 1.165) is 38.7 Å². The molecule has 5 heteroatoms. The molecular formula is C27H42O5. The van der Waals surface area contributed by atoms with Crippen molar-refractivity contribution < 1.29 is 24.8 Å². The fourth-order valence-corrected chi connectivity index (χ4v) is 9.69. The first-order valence-electron chi connectivity index (χ1n) is 13.1. The summed E-state index contributed by atoms with van der Waals surface area (Å²) < 4.78 is 13.2. The van der Waals surface area contributed by atoms with Crippen LogP contribution >= 0.6 is 0 Å². The van der Waals surface area contributed by atoms with Crippen LogP contribution in [0.3, 0.4) is 0 Å². The van der Waals surface area contributed by atoms with Crippen LogP contribution in [0.15, 0.2) is 11.6 Å². The van der Waals surface area contributed by atoms with Crippen LogP contribution in [0.1, 0.15) is 79.1 Å². The zero-order valence-electron chi connectivity index (χ0n) is 20.2. The van der Waals surface area contributed by atoms with Gasteiger partial charge in [0.1, 0.15) is 0 Å². The van der Waals surface area contributed by atoms with Gasteiger partial charge in [-0.25, -0.2) is 0 Å². The molecule has 4 aliphatic carbocycles. The van der Waals surface area contributed by atoms with Gasteiger partial charge in [-0.15, -0.1) is 0 Å². The first-order valence-corrected chi connectivity index (χ1v) is 13.1. The molecule has 3 N–H and O–H groups in total. The fourth-order valence-electron chi connectivity index (χ4n) is 9.69. The maximum Gasteiger partial charge on any atom is 0.171 e. The van der Waals surface area contributed by atoms with E-state index < -0.39 is 23.6 Å². The lowest BCUT2D eigenvalue weighted by molar-refractivity contribution is -0.280. The van der Waals surface area contributed by atoms with Gasteiger partial charge < -0.3 is 24.8 Å². The Bertz CT molecular complexity index is 817. The van der Waals surface area contributed by atoms with Crippen molar-refractivity contribution in [3.05, 3.63) is 11.6 Å².